The Hall–Kier alpha value is -3.76. The molecule has 0 aliphatic carbocycles. The van der Waals surface area contributed by atoms with Gasteiger partial charge in [-0.1, -0.05) is 54.9 Å². The lowest BCUT2D eigenvalue weighted by molar-refractivity contribution is 0.0262. The average molecular weight is 586 g/mol. The summed E-state index contributed by atoms with van der Waals surface area (Å²) >= 11 is 6.66. The molecule has 0 bridgehead atoms. The number of pyridine rings is 1. The molecule has 7 rings (SSSR count). The predicted octanol–water partition coefficient (Wildman–Crippen LogP) is 5.63. The van der Waals surface area contributed by atoms with Crippen molar-refractivity contribution in [2.45, 2.75) is 51.1 Å². The van der Waals surface area contributed by atoms with Crippen LogP contribution in [0.5, 0.6) is 6.01 Å². The molecular formula is C32H32ClN5O4. The maximum absolute atomic E-state index is 10.1. The van der Waals surface area contributed by atoms with Crippen LogP contribution < -0.4 is 4.74 Å². The van der Waals surface area contributed by atoms with Gasteiger partial charge in [0.05, 0.1) is 53.0 Å². The molecule has 4 atom stereocenters. The third-order valence-corrected chi connectivity index (χ3v) is 8.11. The van der Waals surface area contributed by atoms with Crippen molar-refractivity contribution in [2.75, 3.05) is 13.2 Å². The summed E-state index contributed by atoms with van der Waals surface area (Å²) in [7, 11) is 0. The number of rotatable bonds is 7. The second kappa shape index (κ2) is 10.5. The van der Waals surface area contributed by atoms with Crippen molar-refractivity contribution >= 4 is 22.8 Å². The van der Waals surface area contributed by atoms with Gasteiger partial charge in [-0.15, -0.1) is 0 Å². The summed E-state index contributed by atoms with van der Waals surface area (Å²) in [4.78, 5) is 12.5. The molecule has 0 unspecified atom stereocenters. The summed E-state index contributed by atoms with van der Waals surface area (Å²) in [6.07, 6.45) is 4.05. The number of imidazole rings is 1. The second-order valence-electron chi connectivity index (χ2n) is 11.9. The van der Waals surface area contributed by atoms with E-state index in [1.807, 2.05) is 41.2 Å². The minimum Gasteiger partial charge on any atom is -0.456 e. The molecule has 2 aliphatic rings. The van der Waals surface area contributed by atoms with Crippen molar-refractivity contribution in [1.82, 2.24) is 24.7 Å². The first-order chi connectivity index (χ1) is 20.2. The van der Waals surface area contributed by atoms with E-state index in [0.29, 0.717) is 53.4 Å². The van der Waals surface area contributed by atoms with Crippen LogP contribution >= 0.6 is 11.6 Å². The van der Waals surface area contributed by atoms with Gasteiger partial charge in [0.1, 0.15) is 6.10 Å². The standard InChI is InChI=1S/C32H32ClN5O4/c1-18-16-40-29-26(17-41-28(18)29)42-31-35-25-12-24(33)27(36-30(25)37-31)22-6-4-20(5-7-22)21-8-10-23(11-9-21)38-15-19(14-34-38)13-32(2,3)39/h4-12,14-15,18,26,28-29,39H,13,16-17H2,1-3H3,(H,35,36,37)/t18-,26-,28-,29-/m1/s1. The lowest BCUT2D eigenvalue weighted by atomic mass is 10.0. The first-order valence-corrected chi connectivity index (χ1v) is 14.5. The number of nitrogens with one attached hydrogen (secondary N) is 1. The maximum atomic E-state index is 10.1. The lowest BCUT2D eigenvalue weighted by Crippen LogP contribution is -2.33. The zero-order valence-electron chi connectivity index (χ0n) is 23.6. The van der Waals surface area contributed by atoms with Crippen LogP contribution in [0.1, 0.15) is 26.3 Å². The number of hydrogen-bond acceptors (Lipinski definition) is 7. The zero-order valence-corrected chi connectivity index (χ0v) is 24.4. The van der Waals surface area contributed by atoms with Crippen LogP contribution in [0, 0.1) is 5.92 Å². The molecule has 0 spiro atoms. The number of hydrogen-bond donors (Lipinski definition) is 2. The summed E-state index contributed by atoms with van der Waals surface area (Å²) in [5.74, 6) is 0.356. The molecule has 3 aromatic heterocycles. The number of aromatic nitrogens is 5. The fraction of sp³-hybridized carbons (Fsp3) is 0.344. The highest BCUT2D eigenvalue weighted by Gasteiger charge is 2.47. The summed E-state index contributed by atoms with van der Waals surface area (Å²) < 4.78 is 19.7. The molecule has 2 saturated heterocycles. The van der Waals surface area contributed by atoms with E-state index < -0.39 is 5.60 Å². The summed E-state index contributed by atoms with van der Waals surface area (Å²) in [5.41, 5.74) is 6.10. The Balaban J connectivity index is 1.07. The SMILES string of the molecule is C[C@@H]1CO[C@H]2[C@@H]1OC[C@H]2Oc1nc2nc(-c3ccc(-c4ccc(-n5cc(CC(C)(C)O)cn5)cc4)cc3)c(Cl)cc2[nH]1. The number of ether oxygens (including phenoxy) is 3. The molecule has 5 aromatic rings. The minimum atomic E-state index is -0.774. The molecule has 2 fully saturated rings. The fourth-order valence-corrected chi connectivity index (χ4v) is 6.03. The van der Waals surface area contributed by atoms with Crippen molar-refractivity contribution in [3.05, 3.63) is 77.6 Å². The number of H-pyrrole nitrogens is 1. The fourth-order valence-electron chi connectivity index (χ4n) is 5.77. The molecule has 9 nitrogen and oxygen atoms in total. The van der Waals surface area contributed by atoms with E-state index in [1.165, 1.54) is 0 Å². The normalized spacial score (nSPS) is 22.1. The molecule has 0 amide bonds. The van der Waals surface area contributed by atoms with Gasteiger partial charge in [0, 0.05) is 24.1 Å². The van der Waals surface area contributed by atoms with Gasteiger partial charge in [-0.25, -0.2) is 9.67 Å². The quantitative estimate of drug-likeness (QED) is 0.255. The van der Waals surface area contributed by atoms with Crippen molar-refractivity contribution in [3.63, 3.8) is 0 Å². The van der Waals surface area contributed by atoms with E-state index >= 15 is 0 Å². The average Bonchev–Trinajstić information content (AvgIpc) is 3.75. The van der Waals surface area contributed by atoms with Crippen LogP contribution in [-0.2, 0) is 15.9 Å². The van der Waals surface area contributed by atoms with E-state index in [2.05, 4.69) is 46.3 Å². The summed E-state index contributed by atoms with van der Waals surface area (Å²) in [6.45, 7) is 6.86. The smallest absolute Gasteiger partial charge is 0.296 e. The molecule has 2 aromatic carbocycles. The summed E-state index contributed by atoms with van der Waals surface area (Å²) in [6, 6.07) is 18.5. The number of fused-ring (bicyclic) bond motifs is 2. The Morgan fingerprint density at radius 3 is 2.43 bits per heavy atom. The Kier molecular flexibility index (Phi) is 6.78. The molecule has 0 radical (unpaired) electrons. The van der Waals surface area contributed by atoms with Gasteiger partial charge in [-0.2, -0.15) is 10.1 Å². The largest absolute Gasteiger partial charge is 0.456 e. The predicted molar refractivity (Wildman–Crippen MR) is 160 cm³/mol. The Morgan fingerprint density at radius 2 is 1.69 bits per heavy atom. The first kappa shape index (κ1) is 27.1. The maximum Gasteiger partial charge on any atom is 0.296 e. The third-order valence-electron chi connectivity index (χ3n) is 7.82. The van der Waals surface area contributed by atoms with Crippen LogP contribution in [0.25, 0.3) is 39.2 Å². The van der Waals surface area contributed by atoms with Crippen LogP contribution in [0.2, 0.25) is 5.02 Å². The Morgan fingerprint density at radius 1 is 1.00 bits per heavy atom. The molecule has 42 heavy (non-hydrogen) atoms. The van der Waals surface area contributed by atoms with Gasteiger partial charge in [-0.05, 0) is 48.7 Å². The third kappa shape index (κ3) is 5.29. The van der Waals surface area contributed by atoms with E-state index in [0.717, 1.165) is 27.9 Å². The number of benzene rings is 2. The summed E-state index contributed by atoms with van der Waals surface area (Å²) in [5, 5.41) is 15.1. The molecule has 2 N–H and O–H groups in total. The van der Waals surface area contributed by atoms with Gasteiger partial charge in [0.15, 0.2) is 11.8 Å². The van der Waals surface area contributed by atoms with Crippen LogP contribution in [0.4, 0.5) is 0 Å². The van der Waals surface area contributed by atoms with Crippen molar-refractivity contribution in [1.29, 1.82) is 0 Å². The molecule has 5 heterocycles. The molecule has 10 heteroatoms. The van der Waals surface area contributed by atoms with E-state index in [4.69, 9.17) is 30.8 Å². The highest BCUT2D eigenvalue weighted by atomic mass is 35.5. The van der Waals surface area contributed by atoms with E-state index in [1.54, 1.807) is 20.0 Å². The molecular weight excluding hydrogens is 554 g/mol. The molecule has 0 saturated carbocycles. The van der Waals surface area contributed by atoms with E-state index in [9.17, 15) is 5.11 Å². The van der Waals surface area contributed by atoms with Gasteiger partial charge >= 0.3 is 0 Å². The van der Waals surface area contributed by atoms with Gasteiger partial charge < -0.3 is 24.3 Å². The van der Waals surface area contributed by atoms with Gasteiger partial charge in [0.25, 0.3) is 6.01 Å². The van der Waals surface area contributed by atoms with Crippen LogP contribution in [0.15, 0.2) is 67.0 Å². The van der Waals surface area contributed by atoms with Crippen LogP contribution in [0.3, 0.4) is 0 Å². The molecule has 216 valence electrons. The number of halogens is 1. The Bertz CT molecular complexity index is 1720. The second-order valence-corrected chi connectivity index (χ2v) is 12.3. The highest BCUT2D eigenvalue weighted by Crippen LogP contribution is 2.34. The number of aromatic amines is 1. The van der Waals surface area contributed by atoms with Crippen molar-refractivity contribution in [3.8, 4) is 34.1 Å². The first-order valence-electron chi connectivity index (χ1n) is 14.1. The van der Waals surface area contributed by atoms with Gasteiger partial charge in [0.2, 0.25) is 0 Å². The number of nitrogens with zero attached hydrogens (tertiary/aromatic N) is 4. The van der Waals surface area contributed by atoms with Crippen molar-refractivity contribution in [2.24, 2.45) is 5.92 Å². The molecule has 2 aliphatic heterocycles. The number of aliphatic hydroxyl groups is 1. The lowest BCUT2D eigenvalue weighted by Gasteiger charge is -2.15. The Labute approximate surface area is 248 Å². The van der Waals surface area contributed by atoms with Crippen molar-refractivity contribution < 1.29 is 19.3 Å². The topological polar surface area (TPSA) is 107 Å². The monoisotopic (exact) mass is 585 g/mol. The highest BCUT2D eigenvalue weighted by molar-refractivity contribution is 6.33. The van der Waals surface area contributed by atoms with Gasteiger partial charge in [-0.3, -0.25) is 0 Å². The minimum absolute atomic E-state index is 0.0641. The van der Waals surface area contributed by atoms with E-state index in [-0.39, 0.29) is 18.3 Å². The zero-order chi connectivity index (χ0) is 29.0. The van der Waals surface area contributed by atoms with Crippen LogP contribution in [-0.4, -0.2) is 67.0 Å².